The Morgan fingerprint density at radius 3 is 2.39 bits per heavy atom. The van der Waals surface area contributed by atoms with Gasteiger partial charge >= 0.3 is 0 Å². The van der Waals surface area contributed by atoms with Crippen molar-refractivity contribution in [2.45, 2.75) is 26.7 Å². The number of anilines is 2. The molecular weight excluding hydrogens is 368 g/mol. The molecule has 4 rings (SSSR count). The first-order valence-electron chi connectivity index (χ1n) is 9.11. The second-order valence-corrected chi connectivity index (χ2v) is 7.90. The summed E-state index contributed by atoms with van der Waals surface area (Å²) in [7, 11) is 0. The van der Waals surface area contributed by atoms with E-state index in [2.05, 4.69) is 40.9 Å². The second kappa shape index (κ2) is 7.48. The van der Waals surface area contributed by atoms with E-state index in [1.54, 1.807) is 11.1 Å². The molecule has 0 N–H and O–H groups in total. The Morgan fingerprint density at radius 1 is 1.00 bits per heavy atom. The predicted octanol–water partition coefficient (Wildman–Crippen LogP) is 5.50. The Morgan fingerprint density at radius 2 is 1.75 bits per heavy atom. The lowest BCUT2D eigenvalue weighted by Crippen LogP contribution is -2.27. The van der Waals surface area contributed by atoms with Gasteiger partial charge in [-0.3, -0.25) is 14.7 Å². The van der Waals surface area contributed by atoms with Crippen LogP contribution in [0.4, 0.5) is 10.8 Å². The van der Waals surface area contributed by atoms with Crippen LogP contribution in [-0.4, -0.2) is 20.9 Å². The zero-order chi connectivity index (χ0) is 19.7. The SMILES string of the molecule is Cc1cnc(C(=O)N(c2ccc(C(C)C)cc2)c2nc3ccccc3s2)cn1. The van der Waals surface area contributed by atoms with Crippen molar-refractivity contribution < 1.29 is 4.79 Å². The van der Waals surface area contributed by atoms with Gasteiger partial charge in [0.2, 0.25) is 0 Å². The highest BCUT2D eigenvalue weighted by atomic mass is 32.1. The van der Waals surface area contributed by atoms with E-state index in [0.717, 1.165) is 21.6 Å². The van der Waals surface area contributed by atoms with Gasteiger partial charge < -0.3 is 0 Å². The van der Waals surface area contributed by atoms with Crippen LogP contribution in [0, 0.1) is 6.92 Å². The first kappa shape index (κ1) is 18.3. The fourth-order valence-electron chi connectivity index (χ4n) is 2.90. The molecular formula is C22H20N4OS. The van der Waals surface area contributed by atoms with Gasteiger partial charge in [0.1, 0.15) is 5.69 Å². The van der Waals surface area contributed by atoms with E-state index in [9.17, 15) is 4.79 Å². The van der Waals surface area contributed by atoms with Gasteiger partial charge in [0.05, 0.1) is 27.8 Å². The zero-order valence-corrected chi connectivity index (χ0v) is 16.8. The Hall–Kier alpha value is -3.12. The van der Waals surface area contributed by atoms with Crippen LogP contribution in [0.15, 0.2) is 60.9 Å². The summed E-state index contributed by atoms with van der Waals surface area (Å²) in [5, 5.41) is 0.617. The molecule has 0 saturated carbocycles. The van der Waals surface area contributed by atoms with Crippen LogP contribution in [-0.2, 0) is 0 Å². The van der Waals surface area contributed by atoms with Crippen molar-refractivity contribution >= 4 is 38.3 Å². The molecule has 28 heavy (non-hydrogen) atoms. The number of hydrogen-bond donors (Lipinski definition) is 0. The quantitative estimate of drug-likeness (QED) is 0.463. The molecule has 0 aliphatic heterocycles. The van der Waals surface area contributed by atoms with Gasteiger partial charge in [0, 0.05) is 6.20 Å². The number of carbonyl (C=O) groups is 1. The van der Waals surface area contributed by atoms with E-state index in [-0.39, 0.29) is 11.6 Å². The first-order valence-corrected chi connectivity index (χ1v) is 9.93. The maximum absolute atomic E-state index is 13.3. The molecule has 5 nitrogen and oxygen atoms in total. The van der Waals surface area contributed by atoms with Crippen LogP contribution in [0.2, 0.25) is 0 Å². The number of carbonyl (C=O) groups excluding carboxylic acids is 1. The van der Waals surface area contributed by atoms with Crippen LogP contribution >= 0.6 is 11.3 Å². The summed E-state index contributed by atoms with van der Waals surface area (Å²) >= 11 is 1.48. The molecule has 0 radical (unpaired) electrons. The first-order chi connectivity index (χ1) is 13.5. The number of benzene rings is 2. The van der Waals surface area contributed by atoms with E-state index in [1.807, 2.05) is 43.3 Å². The summed E-state index contributed by atoms with van der Waals surface area (Å²) < 4.78 is 1.03. The van der Waals surface area contributed by atoms with Crippen molar-refractivity contribution in [3.63, 3.8) is 0 Å². The van der Waals surface area contributed by atoms with Crippen LogP contribution in [0.3, 0.4) is 0 Å². The fourth-order valence-corrected chi connectivity index (χ4v) is 3.88. The number of amides is 1. The second-order valence-electron chi connectivity index (χ2n) is 6.89. The molecule has 1 amide bonds. The maximum atomic E-state index is 13.3. The van der Waals surface area contributed by atoms with Crippen molar-refractivity contribution in [2.24, 2.45) is 0 Å². The Kier molecular flexibility index (Phi) is 4.88. The lowest BCUT2D eigenvalue weighted by molar-refractivity contribution is 0.0994. The molecule has 0 aliphatic rings. The summed E-state index contributed by atoms with van der Waals surface area (Å²) in [6.45, 7) is 6.14. The number of thiazole rings is 1. The van der Waals surface area contributed by atoms with Crippen LogP contribution in [0.1, 0.15) is 41.5 Å². The maximum Gasteiger partial charge on any atom is 0.284 e. The van der Waals surface area contributed by atoms with Crippen molar-refractivity contribution in [2.75, 3.05) is 4.90 Å². The van der Waals surface area contributed by atoms with Crippen LogP contribution < -0.4 is 4.90 Å². The smallest absolute Gasteiger partial charge is 0.266 e. The minimum atomic E-state index is -0.246. The number of hydrogen-bond acceptors (Lipinski definition) is 5. The number of rotatable bonds is 4. The highest BCUT2D eigenvalue weighted by Gasteiger charge is 2.24. The van der Waals surface area contributed by atoms with E-state index in [1.165, 1.54) is 23.1 Å². The summed E-state index contributed by atoms with van der Waals surface area (Å²) in [4.78, 5) is 28.1. The summed E-state index contributed by atoms with van der Waals surface area (Å²) in [6, 6.07) is 15.9. The van der Waals surface area contributed by atoms with E-state index < -0.39 is 0 Å². The summed E-state index contributed by atoms with van der Waals surface area (Å²) in [5.41, 5.74) is 3.91. The molecule has 0 atom stereocenters. The van der Waals surface area contributed by atoms with Gasteiger partial charge in [-0.25, -0.2) is 9.97 Å². The molecule has 2 aromatic carbocycles. The third kappa shape index (κ3) is 3.51. The molecule has 0 unspecified atom stereocenters. The fraction of sp³-hybridized carbons (Fsp3) is 0.182. The zero-order valence-electron chi connectivity index (χ0n) is 16.0. The van der Waals surface area contributed by atoms with Crippen molar-refractivity contribution in [1.29, 1.82) is 0 Å². The third-order valence-electron chi connectivity index (χ3n) is 4.49. The van der Waals surface area contributed by atoms with Crippen LogP contribution in [0.5, 0.6) is 0 Å². The van der Waals surface area contributed by atoms with E-state index in [4.69, 9.17) is 0 Å². The Balaban J connectivity index is 1.82. The standard InChI is InChI=1S/C22H20N4OS/c1-14(2)16-8-10-17(11-9-16)26(21(27)19-13-23-15(3)12-24-19)22-25-18-6-4-5-7-20(18)28-22/h4-14H,1-3H3. The van der Waals surface area contributed by atoms with Gasteiger partial charge in [0.15, 0.2) is 5.13 Å². The molecule has 6 heteroatoms. The Labute approximate surface area is 167 Å². The average molecular weight is 388 g/mol. The molecule has 4 aromatic rings. The minimum absolute atomic E-state index is 0.246. The topological polar surface area (TPSA) is 59.0 Å². The van der Waals surface area contributed by atoms with Gasteiger partial charge in [-0.15, -0.1) is 0 Å². The van der Waals surface area contributed by atoms with E-state index in [0.29, 0.717) is 11.0 Å². The lowest BCUT2D eigenvalue weighted by Gasteiger charge is -2.20. The highest BCUT2D eigenvalue weighted by molar-refractivity contribution is 7.22. The molecule has 0 saturated heterocycles. The normalized spacial score (nSPS) is 11.1. The van der Waals surface area contributed by atoms with Gasteiger partial charge in [-0.2, -0.15) is 0 Å². The molecule has 2 aromatic heterocycles. The van der Waals surface area contributed by atoms with Gasteiger partial charge in [-0.05, 0) is 42.7 Å². The minimum Gasteiger partial charge on any atom is -0.266 e. The third-order valence-corrected chi connectivity index (χ3v) is 5.52. The average Bonchev–Trinajstić information content (AvgIpc) is 3.12. The summed E-state index contributed by atoms with van der Waals surface area (Å²) in [6.07, 6.45) is 3.12. The van der Waals surface area contributed by atoms with Crippen molar-refractivity contribution in [3.8, 4) is 0 Å². The van der Waals surface area contributed by atoms with Gasteiger partial charge in [0.25, 0.3) is 5.91 Å². The molecule has 140 valence electrons. The molecule has 0 spiro atoms. The van der Waals surface area contributed by atoms with Crippen molar-refractivity contribution in [3.05, 3.63) is 77.9 Å². The number of aromatic nitrogens is 3. The summed E-state index contributed by atoms with van der Waals surface area (Å²) in [5.74, 6) is 0.174. The predicted molar refractivity (Wildman–Crippen MR) is 113 cm³/mol. The molecule has 0 bridgehead atoms. The van der Waals surface area contributed by atoms with Gasteiger partial charge in [-0.1, -0.05) is 49.4 Å². The number of nitrogens with zero attached hydrogens (tertiary/aromatic N) is 4. The monoisotopic (exact) mass is 388 g/mol. The molecule has 0 aliphatic carbocycles. The highest BCUT2D eigenvalue weighted by Crippen LogP contribution is 2.34. The number of aryl methyl sites for hydroxylation is 1. The lowest BCUT2D eigenvalue weighted by atomic mass is 10.0. The Bertz CT molecular complexity index is 1080. The molecule has 2 heterocycles. The largest absolute Gasteiger partial charge is 0.284 e. The number of fused-ring (bicyclic) bond motifs is 1. The van der Waals surface area contributed by atoms with Crippen LogP contribution in [0.25, 0.3) is 10.2 Å². The number of para-hydroxylation sites is 1. The van der Waals surface area contributed by atoms with Crippen molar-refractivity contribution in [1.82, 2.24) is 15.0 Å². The molecule has 0 fully saturated rings. The van der Waals surface area contributed by atoms with E-state index >= 15 is 0 Å².